The molecule has 0 aliphatic heterocycles. The molecule has 0 spiro atoms. The zero-order chi connectivity index (χ0) is 21.8. The Labute approximate surface area is 195 Å². The lowest BCUT2D eigenvalue weighted by molar-refractivity contribution is 0.509. The second-order valence-corrected chi connectivity index (χ2v) is 11.4. The van der Waals surface area contributed by atoms with Gasteiger partial charge in [0.05, 0.1) is 5.25 Å². The summed E-state index contributed by atoms with van der Waals surface area (Å²) in [5.74, 6) is 2.57. The molecule has 0 bridgehead atoms. The fraction of sp³-hybridized carbons (Fsp3) is 0.304. The summed E-state index contributed by atoms with van der Waals surface area (Å²) in [6.45, 7) is 8.52. The molecule has 2 aromatic carbocycles. The van der Waals surface area contributed by atoms with Crippen LogP contribution in [0.3, 0.4) is 0 Å². The maximum atomic E-state index is 5.89. The number of aromatic nitrogens is 4. The van der Waals surface area contributed by atoms with Crippen molar-refractivity contribution in [1.82, 2.24) is 20.4 Å². The summed E-state index contributed by atoms with van der Waals surface area (Å²) in [6, 6.07) is 16.9. The molecule has 0 saturated heterocycles. The van der Waals surface area contributed by atoms with Crippen LogP contribution in [0.15, 0.2) is 61.6 Å². The Kier molecular flexibility index (Phi) is 7.09. The molecular formula is C23H24N4OS3. The third-order valence-corrected chi connectivity index (χ3v) is 8.06. The minimum absolute atomic E-state index is 0.000996. The molecule has 0 aliphatic rings. The van der Waals surface area contributed by atoms with E-state index in [1.54, 1.807) is 34.9 Å². The van der Waals surface area contributed by atoms with Gasteiger partial charge in [-0.3, -0.25) is 0 Å². The van der Waals surface area contributed by atoms with E-state index >= 15 is 0 Å². The van der Waals surface area contributed by atoms with Gasteiger partial charge in [-0.2, -0.15) is 0 Å². The van der Waals surface area contributed by atoms with E-state index < -0.39 is 0 Å². The number of nitrogens with zero attached hydrogens (tertiary/aromatic N) is 4. The Morgan fingerprint density at radius 3 is 2.29 bits per heavy atom. The fourth-order valence-corrected chi connectivity index (χ4v) is 6.01. The van der Waals surface area contributed by atoms with E-state index in [1.807, 2.05) is 31.2 Å². The van der Waals surface area contributed by atoms with Gasteiger partial charge in [0.2, 0.25) is 11.8 Å². The van der Waals surface area contributed by atoms with Crippen LogP contribution < -0.4 is 0 Å². The highest BCUT2D eigenvalue weighted by Crippen LogP contribution is 2.38. The lowest BCUT2D eigenvalue weighted by atomic mass is 10.0. The molecule has 0 N–H and O–H groups in total. The molecule has 4 rings (SSSR count). The van der Waals surface area contributed by atoms with Crippen molar-refractivity contribution >= 4 is 34.9 Å². The van der Waals surface area contributed by atoms with Gasteiger partial charge in [0.25, 0.3) is 0 Å². The minimum Gasteiger partial charge on any atom is -0.419 e. The molecule has 2 aromatic heterocycles. The van der Waals surface area contributed by atoms with Crippen LogP contribution in [0.4, 0.5) is 0 Å². The Morgan fingerprint density at radius 2 is 1.58 bits per heavy atom. The van der Waals surface area contributed by atoms with E-state index in [0.29, 0.717) is 17.7 Å². The Balaban J connectivity index is 1.33. The molecule has 0 amide bonds. The van der Waals surface area contributed by atoms with E-state index in [-0.39, 0.29) is 5.25 Å². The summed E-state index contributed by atoms with van der Waals surface area (Å²) in [4.78, 5) is 0. The molecule has 2 heterocycles. The Morgan fingerprint density at radius 1 is 0.871 bits per heavy atom. The molecule has 0 saturated carbocycles. The molecule has 160 valence electrons. The van der Waals surface area contributed by atoms with Crippen LogP contribution in [0.2, 0.25) is 0 Å². The number of hydrogen-bond donors (Lipinski definition) is 0. The molecule has 0 aliphatic carbocycles. The first-order valence-corrected chi connectivity index (χ1v) is 12.8. The normalized spacial score (nSPS) is 12.4. The van der Waals surface area contributed by atoms with Crippen molar-refractivity contribution in [2.24, 2.45) is 0 Å². The van der Waals surface area contributed by atoms with Gasteiger partial charge in [-0.25, -0.2) is 0 Å². The highest BCUT2D eigenvalue weighted by Gasteiger charge is 2.18. The largest absolute Gasteiger partial charge is 0.419 e. The van der Waals surface area contributed by atoms with Crippen LogP contribution in [0.5, 0.6) is 0 Å². The maximum absolute atomic E-state index is 5.89. The number of hydrogen-bond acceptors (Lipinski definition) is 8. The average Bonchev–Trinajstić information content (AvgIpc) is 3.43. The lowest BCUT2D eigenvalue weighted by Crippen LogP contribution is -1.88. The number of thioether (sulfide) groups is 2. The quantitative estimate of drug-likeness (QED) is 0.254. The van der Waals surface area contributed by atoms with E-state index in [1.165, 1.54) is 16.7 Å². The van der Waals surface area contributed by atoms with E-state index in [2.05, 4.69) is 65.4 Å². The highest BCUT2D eigenvalue weighted by atomic mass is 32.2. The molecule has 1 atom stereocenters. The predicted octanol–water partition coefficient (Wildman–Crippen LogP) is 7.17. The summed E-state index contributed by atoms with van der Waals surface area (Å²) in [5, 5.41) is 17.1. The average molecular weight is 469 g/mol. The van der Waals surface area contributed by atoms with Crippen LogP contribution in [0.25, 0.3) is 11.5 Å². The topological polar surface area (TPSA) is 64.7 Å². The second-order valence-electron chi connectivity index (χ2n) is 7.59. The molecule has 1 unspecified atom stereocenters. The summed E-state index contributed by atoms with van der Waals surface area (Å²) in [7, 11) is 0. The van der Waals surface area contributed by atoms with Crippen molar-refractivity contribution in [2.45, 2.75) is 53.3 Å². The first kappa shape index (κ1) is 22.0. The molecule has 0 fully saturated rings. The summed E-state index contributed by atoms with van der Waals surface area (Å²) in [5.41, 5.74) is 4.79. The van der Waals surface area contributed by atoms with Crippen molar-refractivity contribution < 1.29 is 4.42 Å². The molecule has 5 nitrogen and oxygen atoms in total. The summed E-state index contributed by atoms with van der Waals surface area (Å²) >= 11 is 4.91. The van der Waals surface area contributed by atoms with Gasteiger partial charge in [0.1, 0.15) is 0 Å². The number of rotatable bonds is 8. The monoisotopic (exact) mass is 468 g/mol. The number of benzene rings is 2. The van der Waals surface area contributed by atoms with Crippen molar-refractivity contribution in [3.63, 3.8) is 0 Å². The minimum atomic E-state index is 0.000996. The molecule has 8 heteroatoms. The molecule has 0 radical (unpaired) electrons. The van der Waals surface area contributed by atoms with Gasteiger partial charge in [-0.1, -0.05) is 90.7 Å². The summed E-state index contributed by atoms with van der Waals surface area (Å²) in [6.07, 6.45) is 0. The van der Waals surface area contributed by atoms with Crippen LogP contribution >= 0.6 is 34.9 Å². The van der Waals surface area contributed by atoms with Crippen LogP contribution in [0.1, 0.15) is 54.5 Å². The third-order valence-electron chi connectivity index (χ3n) is 4.76. The van der Waals surface area contributed by atoms with E-state index in [9.17, 15) is 0 Å². The fourth-order valence-electron chi connectivity index (χ4n) is 2.86. The molecule has 4 aromatic rings. The SMILES string of the molecule is Cc1ccc(-c2nnc(C(C)Sc3nnc(SCc4ccc(C(C)C)cc4)s3)o2)cc1. The first-order chi connectivity index (χ1) is 15.0. The van der Waals surface area contributed by atoms with Crippen molar-refractivity contribution in [3.05, 3.63) is 71.1 Å². The van der Waals surface area contributed by atoms with Crippen molar-refractivity contribution in [1.29, 1.82) is 0 Å². The van der Waals surface area contributed by atoms with Crippen LogP contribution in [-0.4, -0.2) is 20.4 Å². The van der Waals surface area contributed by atoms with E-state index in [4.69, 9.17) is 4.42 Å². The van der Waals surface area contributed by atoms with Crippen LogP contribution in [0, 0.1) is 6.92 Å². The zero-order valence-electron chi connectivity index (χ0n) is 17.9. The number of aryl methyl sites for hydroxylation is 1. The Hall–Kier alpha value is -2.16. The Bertz CT molecular complexity index is 1120. The second kappa shape index (κ2) is 9.97. The first-order valence-electron chi connectivity index (χ1n) is 10.1. The smallest absolute Gasteiger partial charge is 0.247 e. The van der Waals surface area contributed by atoms with Gasteiger partial charge in [0.15, 0.2) is 8.68 Å². The zero-order valence-corrected chi connectivity index (χ0v) is 20.4. The predicted molar refractivity (Wildman–Crippen MR) is 129 cm³/mol. The third kappa shape index (κ3) is 5.75. The van der Waals surface area contributed by atoms with Gasteiger partial charge in [0, 0.05) is 11.3 Å². The molecule has 31 heavy (non-hydrogen) atoms. The van der Waals surface area contributed by atoms with Gasteiger partial charge >= 0.3 is 0 Å². The summed E-state index contributed by atoms with van der Waals surface area (Å²) < 4.78 is 7.76. The van der Waals surface area contributed by atoms with Crippen molar-refractivity contribution in [3.8, 4) is 11.5 Å². The highest BCUT2D eigenvalue weighted by molar-refractivity contribution is 8.03. The van der Waals surface area contributed by atoms with Gasteiger partial charge in [-0.15, -0.1) is 20.4 Å². The standard InChI is InChI=1S/C23H24N4OS3/c1-14(2)18-11-7-17(8-12-18)13-29-22-26-27-23(31-22)30-16(4)20-24-25-21(28-20)19-9-5-15(3)6-10-19/h5-12,14,16H,13H2,1-4H3. The lowest BCUT2D eigenvalue weighted by Gasteiger charge is -2.06. The van der Waals surface area contributed by atoms with Gasteiger partial charge in [-0.05, 0) is 43.0 Å². The van der Waals surface area contributed by atoms with Crippen molar-refractivity contribution in [2.75, 3.05) is 0 Å². The van der Waals surface area contributed by atoms with Crippen LogP contribution in [-0.2, 0) is 5.75 Å². The van der Waals surface area contributed by atoms with Gasteiger partial charge < -0.3 is 4.42 Å². The molecular weight excluding hydrogens is 444 g/mol. The van der Waals surface area contributed by atoms with E-state index in [0.717, 1.165) is 20.0 Å². The maximum Gasteiger partial charge on any atom is 0.247 e.